The molecule has 0 aliphatic carbocycles. The molecule has 1 amide bonds. The molecule has 21 heavy (non-hydrogen) atoms. The van der Waals surface area contributed by atoms with Crippen molar-refractivity contribution < 1.29 is 4.79 Å². The van der Waals surface area contributed by atoms with Gasteiger partial charge in [0.05, 0.1) is 5.56 Å². The van der Waals surface area contributed by atoms with Gasteiger partial charge in [0.25, 0.3) is 5.91 Å². The van der Waals surface area contributed by atoms with Crippen LogP contribution < -0.4 is 0 Å². The second-order valence-corrected chi connectivity index (χ2v) is 5.59. The zero-order valence-electron chi connectivity index (χ0n) is 12.2. The molecule has 108 valence electrons. The zero-order valence-corrected chi connectivity index (χ0v) is 12.2. The second kappa shape index (κ2) is 6.04. The van der Waals surface area contributed by atoms with Crippen LogP contribution in [0.1, 0.15) is 40.4 Å². The van der Waals surface area contributed by atoms with Crippen molar-refractivity contribution in [1.82, 2.24) is 14.9 Å². The second-order valence-electron chi connectivity index (χ2n) is 5.59. The van der Waals surface area contributed by atoms with E-state index < -0.39 is 0 Å². The molecule has 1 aliphatic heterocycles. The SMILES string of the molecule is Cc1ccc([C@H]2CCCN(C(=O)c3cccnc3)C2)nc1. The summed E-state index contributed by atoms with van der Waals surface area (Å²) >= 11 is 0. The summed E-state index contributed by atoms with van der Waals surface area (Å²) in [5, 5.41) is 0. The molecular weight excluding hydrogens is 262 g/mol. The van der Waals surface area contributed by atoms with Crippen LogP contribution in [0.2, 0.25) is 0 Å². The van der Waals surface area contributed by atoms with Crippen LogP contribution in [0, 0.1) is 6.92 Å². The topological polar surface area (TPSA) is 46.1 Å². The number of pyridine rings is 2. The molecule has 2 aromatic rings. The van der Waals surface area contributed by atoms with Crippen molar-refractivity contribution in [1.29, 1.82) is 0 Å². The molecular formula is C17H19N3O. The number of amides is 1. The van der Waals surface area contributed by atoms with Gasteiger partial charge in [0, 0.05) is 43.3 Å². The third-order valence-electron chi connectivity index (χ3n) is 3.97. The van der Waals surface area contributed by atoms with Gasteiger partial charge in [-0.25, -0.2) is 0 Å². The van der Waals surface area contributed by atoms with E-state index in [1.54, 1.807) is 18.5 Å². The largest absolute Gasteiger partial charge is 0.338 e. The lowest BCUT2D eigenvalue weighted by molar-refractivity contribution is 0.0705. The Morgan fingerprint density at radius 3 is 2.90 bits per heavy atom. The van der Waals surface area contributed by atoms with Crippen LogP contribution >= 0.6 is 0 Å². The van der Waals surface area contributed by atoms with E-state index >= 15 is 0 Å². The number of likely N-dealkylation sites (tertiary alicyclic amines) is 1. The maximum absolute atomic E-state index is 12.5. The Morgan fingerprint density at radius 1 is 1.29 bits per heavy atom. The van der Waals surface area contributed by atoms with Crippen LogP contribution in [0.15, 0.2) is 42.9 Å². The number of aromatic nitrogens is 2. The molecule has 0 radical (unpaired) electrons. The molecule has 1 atom stereocenters. The van der Waals surface area contributed by atoms with Crippen molar-refractivity contribution in [2.24, 2.45) is 0 Å². The monoisotopic (exact) mass is 281 g/mol. The summed E-state index contributed by atoms with van der Waals surface area (Å²) in [5.74, 6) is 0.403. The predicted molar refractivity (Wildman–Crippen MR) is 81.1 cm³/mol. The Bertz CT molecular complexity index is 610. The minimum Gasteiger partial charge on any atom is -0.338 e. The van der Waals surface area contributed by atoms with E-state index in [9.17, 15) is 4.79 Å². The molecule has 1 aliphatic rings. The molecule has 1 saturated heterocycles. The molecule has 0 aromatic carbocycles. The Morgan fingerprint density at radius 2 is 2.19 bits per heavy atom. The predicted octanol–water partition coefficient (Wildman–Crippen LogP) is 2.80. The first-order chi connectivity index (χ1) is 10.2. The number of carbonyl (C=O) groups is 1. The average Bonchev–Trinajstić information content (AvgIpc) is 2.56. The van der Waals surface area contributed by atoms with Gasteiger partial charge in [-0.1, -0.05) is 6.07 Å². The van der Waals surface area contributed by atoms with E-state index in [-0.39, 0.29) is 5.91 Å². The van der Waals surface area contributed by atoms with Crippen molar-refractivity contribution in [2.75, 3.05) is 13.1 Å². The maximum atomic E-state index is 12.5. The maximum Gasteiger partial charge on any atom is 0.255 e. The summed E-state index contributed by atoms with van der Waals surface area (Å²) < 4.78 is 0. The molecule has 0 bridgehead atoms. The van der Waals surface area contributed by atoms with E-state index in [1.165, 1.54) is 0 Å². The highest BCUT2D eigenvalue weighted by Gasteiger charge is 2.26. The van der Waals surface area contributed by atoms with Crippen LogP contribution in [0.3, 0.4) is 0 Å². The lowest BCUT2D eigenvalue weighted by atomic mass is 9.93. The Kier molecular flexibility index (Phi) is 3.95. The lowest BCUT2D eigenvalue weighted by Gasteiger charge is -2.32. The van der Waals surface area contributed by atoms with Crippen molar-refractivity contribution >= 4 is 5.91 Å². The molecule has 0 unspecified atom stereocenters. The Hall–Kier alpha value is -2.23. The van der Waals surface area contributed by atoms with Crippen LogP contribution in [0.4, 0.5) is 0 Å². The molecule has 3 heterocycles. The van der Waals surface area contributed by atoms with Gasteiger partial charge in [-0.2, -0.15) is 0 Å². The lowest BCUT2D eigenvalue weighted by Crippen LogP contribution is -2.39. The molecule has 0 spiro atoms. The van der Waals surface area contributed by atoms with E-state index in [0.717, 1.165) is 37.2 Å². The van der Waals surface area contributed by atoms with E-state index in [2.05, 4.69) is 22.1 Å². The van der Waals surface area contributed by atoms with Crippen molar-refractivity contribution in [3.8, 4) is 0 Å². The van der Waals surface area contributed by atoms with Gasteiger partial charge in [-0.05, 0) is 43.5 Å². The fourth-order valence-electron chi connectivity index (χ4n) is 2.80. The van der Waals surface area contributed by atoms with E-state index in [4.69, 9.17) is 0 Å². The quantitative estimate of drug-likeness (QED) is 0.850. The van der Waals surface area contributed by atoms with Gasteiger partial charge in [-0.15, -0.1) is 0 Å². The summed E-state index contributed by atoms with van der Waals surface area (Å²) in [5.41, 5.74) is 2.91. The van der Waals surface area contributed by atoms with Crippen molar-refractivity contribution in [3.63, 3.8) is 0 Å². The van der Waals surface area contributed by atoms with Crippen molar-refractivity contribution in [3.05, 3.63) is 59.7 Å². The van der Waals surface area contributed by atoms with Crippen LogP contribution in [-0.2, 0) is 0 Å². The minimum absolute atomic E-state index is 0.0694. The minimum atomic E-state index is 0.0694. The number of nitrogens with zero attached hydrogens (tertiary/aromatic N) is 3. The number of hydrogen-bond acceptors (Lipinski definition) is 3. The fraction of sp³-hybridized carbons (Fsp3) is 0.353. The van der Waals surface area contributed by atoms with Gasteiger partial charge in [0.1, 0.15) is 0 Å². The number of hydrogen-bond donors (Lipinski definition) is 0. The van der Waals surface area contributed by atoms with E-state index in [1.807, 2.05) is 24.1 Å². The number of piperidine rings is 1. The molecule has 2 aromatic heterocycles. The first-order valence-electron chi connectivity index (χ1n) is 7.36. The third-order valence-corrected chi connectivity index (χ3v) is 3.97. The van der Waals surface area contributed by atoms with Gasteiger partial charge in [0.2, 0.25) is 0 Å². The Balaban J connectivity index is 1.74. The molecule has 3 rings (SSSR count). The third kappa shape index (κ3) is 3.10. The zero-order chi connectivity index (χ0) is 14.7. The Labute approximate surface area is 124 Å². The number of aryl methyl sites for hydroxylation is 1. The number of carbonyl (C=O) groups excluding carboxylic acids is 1. The summed E-state index contributed by atoms with van der Waals surface area (Å²) in [4.78, 5) is 23.0. The normalized spacial score (nSPS) is 18.5. The van der Waals surface area contributed by atoms with Crippen molar-refractivity contribution in [2.45, 2.75) is 25.7 Å². The smallest absolute Gasteiger partial charge is 0.255 e. The fourth-order valence-corrected chi connectivity index (χ4v) is 2.80. The number of rotatable bonds is 2. The average molecular weight is 281 g/mol. The molecule has 4 heteroatoms. The molecule has 1 fully saturated rings. The van der Waals surface area contributed by atoms with E-state index in [0.29, 0.717) is 11.5 Å². The summed E-state index contributed by atoms with van der Waals surface area (Å²) in [7, 11) is 0. The molecule has 0 N–H and O–H groups in total. The van der Waals surface area contributed by atoms with Gasteiger partial charge >= 0.3 is 0 Å². The highest BCUT2D eigenvalue weighted by molar-refractivity contribution is 5.93. The first-order valence-corrected chi connectivity index (χ1v) is 7.36. The summed E-state index contributed by atoms with van der Waals surface area (Å²) in [6, 6.07) is 7.79. The first kappa shape index (κ1) is 13.7. The molecule has 4 nitrogen and oxygen atoms in total. The highest BCUT2D eigenvalue weighted by atomic mass is 16.2. The standard InChI is InChI=1S/C17H19N3O/c1-13-6-7-16(19-10-13)15-5-3-9-20(12-15)17(21)14-4-2-8-18-11-14/h2,4,6-8,10-11,15H,3,5,9,12H2,1H3/t15-/m0/s1. The van der Waals surface area contributed by atoms with Crippen LogP contribution in [0.5, 0.6) is 0 Å². The van der Waals surface area contributed by atoms with Gasteiger partial charge in [0.15, 0.2) is 0 Å². The van der Waals surface area contributed by atoms with Crippen LogP contribution in [0.25, 0.3) is 0 Å². The molecule has 0 saturated carbocycles. The van der Waals surface area contributed by atoms with Gasteiger partial charge < -0.3 is 4.90 Å². The van der Waals surface area contributed by atoms with Gasteiger partial charge in [-0.3, -0.25) is 14.8 Å². The van der Waals surface area contributed by atoms with Crippen LogP contribution in [-0.4, -0.2) is 33.9 Å². The highest BCUT2D eigenvalue weighted by Crippen LogP contribution is 2.26. The summed E-state index contributed by atoms with van der Waals surface area (Å²) in [6.07, 6.45) is 7.33. The summed E-state index contributed by atoms with van der Waals surface area (Å²) in [6.45, 7) is 3.59.